The van der Waals surface area contributed by atoms with E-state index < -0.39 is 0 Å². The van der Waals surface area contributed by atoms with Crippen LogP contribution in [-0.2, 0) is 0 Å². The van der Waals surface area contributed by atoms with E-state index in [1.165, 1.54) is 16.9 Å². The third kappa shape index (κ3) is 4.56. The largest absolute Gasteiger partial charge is 0.351 e. The summed E-state index contributed by atoms with van der Waals surface area (Å²) < 4.78 is 0. The lowest BCUT2D eigenvalue weighted by Crippen LogP contribution is -2.24. The van der Waals surface area contributed by atoms with E-state index in [4.69, 9.17) is 0 Å². The van der Waals surface area contributed by atoms with Gasteiger partial charge in [-0.15, -0.1) is 11.3 Å². The number of thiazole rings is 1. The van der Waals surface area contributed by atoms with Gasteiger partial charge in [0.25, 0.3) is 5.91 Å². The van der Waals surface area contributed by atoms with Gasteiger partial charge in [-0.2, -0.15) is 5.10 Å². The first-order valence-electron chi connectivity index (χ1n) is 10.4. The molecule has 0 bridgehead atoms. The molecular formula is C24H24N4O2S. The Labute approximate surface area is 184 Å². The molecule has 4 rings (SSSR count). The average molecular weight is 433 g/mol. The van der Waals surface area contributed by atoms with E-state index in [1.807, 2.05) is 43.3 Å². The summed E-state index contributed by atoms with van der Waals surface area (Å²) in [5, 5.41) is 11.6. The fraction of sp³-hybridized carbons (Fsp3) is 0.250. The van der Waals surface area contributed by atoms with Crippen LogP contribution in [-0.4, -0.2) is 33.4 Å². The van der Waals surface area contributed by atoms with Crippen molar-refractivity contribution in [1.82, 2.24) is 20.5 Å². The van der Waals surface area contributed by atoms with Crippen molar-refractivity contribution >= 4 is 33.9 Å². The zero-order valence-electron chi connectivity index (χ0n) is 17.5. The van der Waals surface area contributed by atoms with Crippen LogP contribution in [0.15, 0.2) is 54.7 Å². The number of Topliss-reactive ketones (excluding diaryl/α,β-unsaturated/α-hetero) is 1. The molecule has 0 spiro atoms. The summed E-state index contributed by atoms with van der Waals surface area (Å²) in [6, 6.07) is 16.0. The van der Waals surface area contributed by atoms with Crippen molar-refractivity contribution in [1.29, 1.82) is 0 Å². The Balaban J connectivity index is 1.40. The number of aromatic amines is 1. The molecule has 7 heteroatoms. The number of nitrogens with zero attached hydrogens (tertiary/aromatic N) is 2. The number of hydrogen-bond acceptors (Lipinski definition) is 5. The zero-order valence-corrected chi connectivity index (χ0v) is 18.3. The van der Waals surface area contributed by atoms with Crippen LogP contribution in [0.2, 0.25) is 0 Å². The fourth-order valence-corrected chi connectivity index (χ4v) is 4.31. The Kier molecular flexibility index (Phi) is 6.23. The van der Waals surface area contributed by atoms with Crippen molar-refractivity contribution in [3.05, 3.63) is 70.9 Å². The highest BCUT2D eigenvalue weighted by molar-refractivity contribution is 7.16. The molecule has 0 aliphatic carbocycles. The number of nitrogens with one attached hydrogen (secondary N) is 2. The van der Waals surface area contributed by atoms with Gasteiger partial charge in [0.05, 0.1) is 11.7 Å². The zero-order chi connectivity index (χ0) is 21.8. The van der Waals surface area contributed by atoms with Gasteiger partial charge < -0.3 is 5.32 Å². The summed E-state index contributed by atoms with van der Waals surface area (Å²) in [7, 11) is 0. The van der Waals surface area contributed by atoms with E-state index in [0.29, 0.717) is 29.5 Å². The lowest BCUT2D eigenvalue weighted by atomic mass is 9.98. The molecule has 0 saturated carbocycles. The molecular weight excluding hydrogens is 408 g/mol. The summed E-state index contributed by atoms with van der Waals surface area (Å²) in [5.74, 6) is 0.278. The smallest absolute Gasteiger partial charge is 0.263 e. The molecule has 0 fully saturated rings. The third-order valence-corrected chi connectivity index (χ3v) is 6.40. The van der Waals surface area contributed by atoms with Crippen LogP contribution < -0.4 is 5.32 Å². The summed E-state index contributed by atoms with van der Waals surface area (Å²) in [4.78, 5) is 29.5. The molecule has 2 N–H and O–H groups in total. The predicted octanol–water partition coefficient (Wildman–Crippen LogP) is 5.20. The lowest BCUT2D eigenvalue weighted by Gasteiger charge is -2.11. The molecule has 2 aromatic carbocycles. The number of ketones is 1. The first-order valence-corrected chi connectivity index (χ1v) is 11.2. The number of carbonyl (C=O) groups is 2. The molecule has 158 valence electrons. The second-order valence-corrected chi connectivity index (χ2v) is 8.53. The SMILES string of the molecule is CCC(=O)c1n[nH]c2cc(-c3ncc(C(=O)NCCC(C)c4ccccc4)s3)ccc12. The maximum Gasteiger partial charge on any atom is 0.263 e. The van der Waals surface area contributed by atoms with Crippen LogP contribution in [0.4, 0.5) is 0 Å². The Morgan fingerprint density at radius 2 is 1.97 bits per heavy atom. The van der Waals surface area contributed by atoms with Crippen LogP contribution in [0.5, 0.6) is 0 Å². The van der Waals surface area contributed by atoms with Gasteiger partial charge in [-0.3, -0.25) is 14.7 Å². The normalized spacial score (nSPS) is 12.1. The summed E-state index contributed by atoms with van der Waals surface area (Å²) in [6.45, 7) is 4.59. The van der Waals surface area contributed by atoms with Crippen LogP contribution in [0, 0.1) is 0 Å². The number of carbonyl (C=O) groups excluding carboxylic acids is 2. The van der Waals surface area contributed by atoms with Gasteiger partial charge in [-0.05, 0) is 30.0 Å². The number of rotatable bonds is 8. The standard InChI is InChI=1S/C24H24N4O2S/c1-3-20(29)22-18-10-9-17(13-19(18)27-28-22)24-26-14-21(31-24)23(30)25-12-11-15(2)16-7-5-4-6-8-16/h4-10,13-15H,3,11-12H2,1-2H3,(H,25,30)(H,27,28). The van der Waals surface area contributed by atoms with E-state index in [2.05, 4.69) is 39.6 Å². The highest BCUT2D eigenvalue weighted by Gasteiger charge is 2.16. The Bertz CT molecular complexity index is 1210. The minimum atomic E-state index is -0.109. The van der Waals surface area contributed by atoms with Gasteiger partial charge >= 0.3 is 0 Å². The highest BCUT2D eigenvalue weighted by Crippen LogP contribution is 2.29. The Morgan fingerprint density at radius 1 is 1.16 bits per heavy atom. The molecule has 0 radical (unpaired) electrons. The Morgan fingerprint density at radius 3 is 2.74 bits per heavy atom. The van der Waals surface area contributed by atoms with Gasteiger partial charge in [0.1, 0.15) is 15.6 Å². The predicted molar refractivity (Wildman–Crippen MR) is 124 cm³/mol. The number of aromatic nitrogens is 3. The van der Waals surface area contributed by atoms with E-state index in [9.17, 15) is 9.59 Å². The number of hydrogen-bond donors (Lipinski definition) is 2. The Hall–Kier alpha value is -3.32. The minimum absolute atomic E-state index is 0.00814. The van der Waals surface area contributed by atoms with Gasteiger partial charge in [-0.25, -0.2) is 4.98 Å². The van der Waals surface area contributed by atoms with Crippen molar-refractivity contribution in [3.8, 4) is 10.6 Å². The van der Waals surface area contributed by atoms with Crippen LogP contribution in [0.25, 0.3) is 21.5 Å². The topological polar surface area (TPSA) is 87.7 Å². The fourth-order valence-electron chi connectivity index (χ4n) is 3.48. The second kappa shape index (κ2) is 9.22. The molecule has 31 heavy (non-hydrogen) atoms. The molecule has 0 saturated heterocycles. The van der Waals surface area contributed by atoms with Gasteiger partial charge in [-0.1, -0.05) is 50.2 Å². The minimum Gasteiger partial charge on any atom is -0.351 e. The molecule has 2 heterocycles. The third-order valence-electron chi connectivity index (χ3n) is 5.36. The molecule has 0 aliphatic rings. The summed E-state index contributed by atoms with van der Waals surface area (Å²) in [6.07, 6.45) is 2.90. The number of benzene rings is 2. The van der Waals surface area contributed by atoms with Crippen molar-refractivity contribution in [2.45, 2.75) is 32.6 Å². The van der Waals surface area contributed by atoms with Crippen molar-refractivity contribution in [2.24, 2.45) is 0 Å². The van der Waals surface area contributed by atoms with E-state index in [0.717, 1.165) is 27.9 Å². The van der Waals surface area contributed by atoms with Crippen LogP contribution >= 0.6 is 11.3 Å². The second-order valence-electron chi connectivity index (χ2n) is 7.50. The number of fused-ring (bicyclic) bond motifs is 1. The van der Waals surface area contributed by atoms with E-state index >= 15 is 0 Å². The van der Waals surface area contributed by atoms with Crippen molar-refractivity contribution in [3.63, 3.8) is 0 Å². The summed E-state index contributed by atoms with van der Waals surface area (Å²) >= 11 is 1.35. The van der Waals surface area contributed by atoms with E-state index in [-0.39, 0.29) is 11.7 Å². The average Bonchev–Trinajstić information content (AvgIpc) is 3.46. The van der Waals surface area contributed by atoms with Crippen LogP contribution in [0.3, 0.4) is 0 Å². The molecule has 1 atom stereocenters. The maximum absolute atomic E-state index is 12.5. The summed E-state index contributed by atoms with van der Waals surface area (Å²) in [5.41, 5.74) is 3.40. The quantitative estimate of drug-likeness (QED) is 0.375. The number of H-pyrrole nitrogens is 1. The number of amides is 1. The highest BCUT2D eigenvalue weighted by atomic mass is 32.1. The van der Waals surface area contributed by atoms with Gasteiger partial charge in [0.2, 0.25) is 0 Å². The van der Waals surface area contributed by atoms with E-state index in [1.54, 1.807) is 6.20 Å². The molecule has 6 nitrogen and oxygen atoms in total. The lowest BCUT2D eigenvalue weighted by molar-refractivity contribution is 0.0954. The molecule has 2 aromatic heterocycles. The van der Waals surface area contributed by atoms with Crippen LogP contribution in [0.1, 0.15) is 58.3 Å². The van der Waals surface area contributed by atoms with Crippen molar-refractivity contribution in [2.75, 3.05) is 6.54 Å². The maximum atomic E-state index is 12.5. The first kappa shape index (κ1) is 20.9. The van der Waals surface area contributed by atoms with Gasteiger partial charge in [0.15, 0.2) is 5.78 Å². The molecule has 0 aliphatic heterocycles. The molecule has 1 unspecified atom stereocenters. The van der Waals surface area contributed by atoms with Gasteiger partial charge in [0, 0.05) is 23.9 Å². The first-order chi connectivity index (χ1) is 15.1. The molecule has 4 aromatic rings. The molecule has 1 amide bonds. The van der Waals surface area contributed by atoms with Crippen molar-refractivity contribution < 1.29 is 9.59 Å². The monoisotopic (exact) mass is 432 g/mol.